The summed E-state index contributed by atoms with van der Waals surface area (Å²) in [4.78, 5) is 54.3. The molecule has 2 heterocycles. The quantitative estimate of drug-likeness (QED) is 0.402. The van der Waals surface area contributed by atoms with Crippen LogP contribution in [0.4, 0.5) is 0 Å². The number of nitrogens with one attached hydrogen (secondary N) is 3. The number of carboxylic acids is 1. The van der Waals surface area contributed by atoms with Gasteiger partial charge in [0.05, 0.1) is 22.9 Å². The van der Waals surface area contributed by atoms with Crippen LogP contribution in [-0.4, -0.2) is 32.5 Å². The van der Waals surface area contributed by atoms with Gasteiger partial charge in [-0.05, 0) is 23.8 Å². The van der Waals surface area contributed by atoms with Gasteiger partial charge in [-0.25, -0.2) is 4.79 Å². The number of fused-ring (bicyclic) bond motifs is 2. The number of rotatable bonds is 6. The molecule has 0 aliphatic heterocycles. The summed E-state index contributed by atoms with van der Waals surface area (Å²) in [5, 5.41) is 15.0. The summed E-state index contributed by atoms with van der Waals surface area (Å²) in [6, 6.07) is 12.5. The largest absolute Gasteiger partial charge is 0.548 e. The standard InChI is InChI=1S/C21H18N4O5/c26-18(11-25-19(27)14-6-2-4-8-16(14)24-21(25)30)23-17(20(28)29)9-12-10-22-15-7-3-1-5-13(12)15/h1-8,10,17,22H,9,11H2,(H,23,26)(H,24,30)(H,28,29)/p-1/t17-/m1/s1. The lowest BCUT2D eigenvalue weighted by Crippen LogP contribution is -2.51. The molecule has 0 fully saturated rings. The van der Waals surface area contributed by atoms with Crippen molar-refractivity contribution in [1.82, 2.24) is 19.9 Å². The van der Waals surface area contributed by atoms with E-state index in [9.17, 15) is 24.3 Å². The number of H-pyrrole nitrogens is 2. The second kappa shape index (κ2) is 7.70. The fourth-order valence-corrected chi connectivity index (χ4v) is 3.44. The number of carbonyl (C=O) groups excluding carboxylic acids is 2. The van der Waals surface area contributed by atoms with Crippen molar-refractivity contribution in [2.24, 2.45) is 0 Å². The number of carboxylic acid groups (broad SMARTS) is 1. The number of aromatic amines is 2. The molecule has 0 bridgehead atoms. The van der Waals surface area contributed by atoms with Crippen LogP contribution in [0.2, 0.25) is 0 Å². The Hall–Kier alpha value is -4.14. The Morgan fingerprint density at radius 1 is 1.00 bits per heavy atom. The van der Waals surface area contributed by atoms with E-state index >= 15 is 0 Å². The molecule has 30 heavy (non-hydrogen) atoms. The van der Waals surface area contributed by atoms with Crippen LogP contribution in [0, 0.1) is 0 Å². The van der Waals surface area contributed by atoms with E-state index in [4.69, 9.17) is 0 Å². The molecule has 152 valence electrons. The third-order valence-corrected chi connectivity index (χ3v) is 4.91. The maximum Gasteiger partial charge on any atom is 0.329 e. The molecule has 9 heteroatoms. The van der Waals surface area contributed by atoms with E-state index in [0.29, 0.717) is 11.1 Å². The van der Waals surface area contributed by atoms with E-state index in [2.05, 4.69) is 15.3 Å². The number of carbonyl (C=O) groups is 2. The first-order valence-corrected chi connectivity index (χ1v) is 9.21. The zero-order valence-corrected chi connectivity index (χ0v) is 15.7. The Balaban J connectivity index is 1.56. The summed E-state index contributed by atoms with van der Waals surface area (Å²) >= 11 is 0. The molecule has 2 aromatic carbocycles. The van der Waals surface area contributed by atoms with Gasteiger partial charge < -0.3 is 25.2 Å². The molecule has 1 atom stereocenters. The number of hydrogen-bond acceptors (Lipinski definition) is 5. The summed E-state index contributed by atoms with van der Waals surface area (Å²) in [6.07, 6.45) is 1.66. The lowest BCUT2D eigenvalue weighted by atomic mass is 10.0. The van der Waals surface area contributed by atoms with Crippen LogP contribution in [0.3, 0.4) is 0 Å². The van der Waals surface area contributed by atoms with Gasteiger partial charge in [-0.1, -0.05) is 30.3 Å². The average molecular weight is 405 g/mol. The van der Waals surface area contributed by atoms with Crippen molar-refractivity contribution < 1.29 is 14.7 Å². The summed E-state index contributed by atoms with van der Waals surface area (Å²) < 4.78 is 0.732. The van der Waals surface area contributed by atoms with E-state index in [1.165, 1.54) is 6.07 Å². The molecule has 0 aliphatic rings. The molecule has 0 aliphatic carbocycles. The van der Waals surface area contributed by atoms with Crippen molar-refractivity contribution in [3.8, 4) is 0 Å². The smallest absolute Gasteiger partial charge is 0.329 e. The molecule has 9 nitrogen and oxygen atoms in total. The number of hydrogen-bond donors (Lipinski definition) is 3. The first-order chi connectivity index (χ1) is 14.4. The number of benzene rings is 2. The molecule has 4 rings (SSSR count). The molecule has 3 N–H and O–H groups in total. The highest BCUT2D eigenvalue weighted by Gasteiger charge is 2.18. The van der Waals surface area contributed by atoms with E-state index in [1.807, 2.05) is 24.3 Å². The highest BCUT2D eigenvalue weighted by Crippen LogP contribution is 2.19. The van der Waals surface area contributed by atoms with Crippen molar-refractivity contribution in [3.63, 3.8) is 0 Å². The molecule has 0 saturated carbocycles. The summed E-state index contributed by atoms with van der Waals surface area (Å²) in [7, 11) is 0. The van der Waals surface area contributed by atoms with Crippen molar-refractivity contribution in [2.45, 2.75) is 19.0 Å². The van der Waals surface area contributed by atoms with E-state index in [1.54, 1.807) is 24.4 Å². The van der Waals surface area contributed by atoms with Gasteiger partial charge in [-0.3, -0.25) is 14.2 Å². The zero-order chi connectivity index (χ0) is 21.3. The third-order valence-electron chi connectivity index (χ3n) is 4.91. The van der Waals surface area contributed by atoms with Gasteiger partial charge in [0.15, 0.2) is 0 Å². The number of aromatic nitrogens is 3. The number of amides is 1. The van der Waals surface area contributed by atoms with E-state index < -0.39 is 35.7 Å². The monoisotopic (exact) mass is 405 g/mol. The summed E-state index contributed by atoms with van der Waals surface area (Å²) in [5.74, 6) is -2.25. The normalized spacial score (nSPS) is 12.1. The topological polar surface area (TPSA) is 140 Å². The Labute approximate surface area is 169 Å². The van der Waals surface area contributed by atoms with Crippen molar-refractivity contribution >= 4 is 33.7 Å². The van der Waals surface area contributed by atoms with Crippen LogP contribution >= 0.6 is 0 Å². The highest BCUT2D eigenvalue weighted by atomic mass is 16.4. The molecule has 0 radical (unpaired) electrons. The van der Waals surface area contributed by atoms with Crippen molar-refractivity contribution in [2.75, 3.05) is 0 Å². The maximum atomic E-state index is 12.5. The van der Waals surface area contributed by atoms with Gasteiger partial charge in [0.1, 0.15) is 6.54 Å². The minimum atomic E-state index is -1.46. The Kier molecular flexibility index (Phi) is 4.93. The van der Waals surface area contributed by atoms with Crippen LogP contribution in [0.25, 0.3) is 21.8 Å². The molecule has 0 spiro atoms. The van der Waals surface area contributed by atoms with Gasteiger partial charge in [-0.2, -0.15) is 0 Å². The van der Waals surface area contributed by atoms with Gasteiger partial charge in [0.25, 0.3) is 5.56 Å². The fraction of sp³-hybridized carbons (Fsp3) is 0.143. The van der Waals surface area contributed by atoms with Gasteiger partial charge in [0, 0.05) is 23.5 Å². The third kappa shape index (κ3) is 3.60. The molecular weight excluding hydrogens is 388 g/mol. The maximum absolute atomic E-state index is 12.5. The van der Waals surface area contributed by atoms with Crippen molar-refractivity contribution in [3.05, 3.63) is 81.1 Å². The minimum absolute atomic E-state index is 0.0128. The number of aliphatic carboxylic acids is 1. The molecule has 2 aromatic heterocycles. The molecule has 4 aromatic rings. The first-order valence-electron chi connectivity index (χ1n) is 9.21. The Morgan fingerprint density at radius 3 is 2.40 bits per heavy atom. The zero-order valence-electron chi connectivity index (χ0n) is 15.7. The predicted octanol–water partition coefficient (Wildman–Crippen LogP) is -0.352. The SMILES string of the molecule is O=C(Cn1c(=O)[nH]c2ccccc2c1=O)N[C@H](Cc1c[nH]c2ccccc12)C(=O)[O-]. The first kappa shape index (κ1) is 19.2. The molecule has 0 unspecified atom stereocenters. The molecular formula is C21H17N4O5-. The average Bonchev–Trinajstić information content (AvgIpc) is 3.13. The van der Waals surface area contributed by atoms with E-state index in [-0.39, 0.29) is 11.8 Å². The second-order valence-electron chi connectivity index (χ2n) is 6.87. The van der Waals surface area contributed by atoms with Crippen LogP contribution < -0.4 is 21.7 Å². The van der Waals surface area contributed by atoms with Gasteiger partial charge in [0.2, 0.25) is 5.91 Å². The number of para-hydroxylation sites is 2. The molecule has 0 saturated heterocycles. The fourth-order valence-electron chi connectivity index (χ4n) is 3.44. The Bertz CT molecular complexity index is 1380. The summed E-state index contributed by atoms with van der Waals surface area (Å²) in [5.41, 5.74) is 0.503. The summed E-state index contributed by atoms with van der Waals surface area (Å²) in [6.45, 7) is -0.614. The predicted molar refractivity (Wildman–Crippen MR) is 108 cm³/mol. The Morgan fingerprint density at radius 2 is 1.67 bits per heavy atom. The minimum Gasteiger partial charge on any atom is -0.548 e. The second-order valence-corrected chi connectivity index (χ2v) is 6.87. The van der Waals surface area contributed by atoms with E-state index in [0.717, 1.165) is 15.5 Å². The van der Waals surface area contributed by atoms with Crippen LogP contribution in [-0.2, 0) is 22.6 Å². The lowest BCUT2D eigenvalue weighted by Gasteiger charge is -2.19. The van der Waals surface area contributed by atoms with Crippen LogP contribution in [0.15, 0.2) is 64.3 Å². The van der Waals surface area contributed by atoms with Crippen LogP contribution in [0.5, 0.6) is 0 Å². The van der Waals surface area contributed by atoms with Crippen molar-refractivity contribution in [1.29, 1.82) is 0 Å². The van der Waals surface area contributed by atoms with Gasteiger partial charge >= 0.3 is 5.69 Å². The number of nitrogens with zero attached hydrogens (tertiary/aromatic N) is 1. The highest BCUT2D eigenvalue weighted by molar-refractivity contribution is 5.86. The van der Waals surface area contributed by atoms with Crippen LogP contribution in [0.1, 0.15) is 5.56 Å². The molecule has 1 amide bonds. The van der Waals surface area contributed by atoms with Gasteiger partial charge in [-0.15, -0.1) is 0 Å². The lowest BCUT2D eigenvalue weighted by molar-refractivity contribution is -0.308.